The summed E-state index contributed by atoms with van der Waals surface area (Å²) >= 11 is 6.10. The van der Waals surface area contributed by atoms with Gasteiger partial charge in [0.1, 0.15) is 29.5 Å². The number of aliphatic hydroxyl groups is 1. The number of nitrogens with one attached hydrogen (secondary N) is 1. The summed E-state index contributed by atoms with van der Waals surface area (Å²) in [5.41, 5.74) is 0.484. The van der Waals surface area contributed by atoms with Gasteiger partial charge in [-0.3, -0.25) is 4.90 Å². The Balaban J connectivity index is 1.43. The van der Waals surface area contributed by atoms with Crippen LogP contribution in [0.25, 0.3) is 0 Å². The zero-order valence-electron chi connectivity index (χ0n) is 18.9. The van der Waals surface area contributed by atoms with Crippen LogP contribution >= 0.6 is 11.6 Å². The molecule has 3 rings (SSSR count). The van der Waals surface area contributed by atoms with Gasteiger partial charge in [0.25, 0.3) is 0 Å². The highest BCUT2D eigenvalue weighted by Crippen LogP contribution is 2.33. The van der Waals surface area contributed by atoms with Gasteiger partial charge < -0.3 is 24.6 Å². The monoisotopic (exact) mass is 480 g/mol. The van der Waals surface area contributed by atoms with Crippen molar-refractivity contribution < 1.29 is 28.5 Å². The third-order valence-electron chi connectivity index (χ3n) is 5.76. The van der Waals surface area contributed by atoms with Gasteiger partial charge in [-0.05, 0) is 36.6 Å². The van der Waals surface area contributed by atoms with Gasteiger partial charge in [0, 0.05) is 38.8 Å². The van der Waals surface area contributed by atoms with Gasteiger partial charge in [-0.2, -0.15) is 0 Å². The third-order valence-corrected chi connectivity index (χ3v) is 6.05. The highest BCUT2D eigenvalue weighted by molar-refractivity contribution is 6.32. The molecule has 0 aromatic heterocycles. The minimum Gasteiger partial charge on any atom is -0.495 e. The first-order chi connectivity index (χ1) is 15.8. The Hall–Kier alpha value is -2.39. The second-order valence-electron chi connectivity index (χ2n) is 8.13. The van der Waals surface area contributed by atoms with E-state index in [1.54, 1.807) is 18.2 Å². The second kappa shape index (κ2) is 11.7. The van der Waals surface area contributed by atoms with Crippen molar-refractivity contribution >= 4 is 17.6 Å². The Kier molecular flexibility index (Phi) is 8.91. The van der Waals surface area contributed by atoms with Gasteiger partial charge in [0.15, 0.2) is 0 Å². The lowest BCUT2D eigenvalue weighted by Gasteiger charge is -2.38. The molecule has 7 nitrogen and oxygen atoms in total. The number of methoxy groups -OCH3 is 2. The number of hydrogen-bond donors (Lipinski definition) is 2. The van der Waals surface area contributed by atoms with Crippen LogP contribution in [0.5, 0.6) is 11.5 Å². The highest BCUT2D eigenvalue weighted by atomic mass is 35.5. The van der Waals surface area contributed by atoms with E-state index in [1.165, 1.54) is 32.4 Å². The summed E-state index contributed by atoms with van der Waals surface area (Å²) < 4.78 is 28.8. The van der Waals surface area contributed by atoms with E-state index in [0.717, 1.165) is 25.2 Å². The quantitative estimate of drug-likeness (QED) is 0.399. The van der Waals surface area contributed by atoms with Gasteiger partial charge in [0.2, 0.25) is 0 Å². The maximum atomic E-state index is 13.1. The van der Waals surface area contributed by atoms with Crippen LogP contribution in [0.4, 0.5) is 4.39 Å². The minimum absolute atomic E-state index is 0.218. The van der Waals surface area contributed by atoms with Gasteiger partial charge in [-0.15, -0.1) is 0 Å². The van der Waals surface area contributed by atoms with Gasteiger partial charge in [-0.25, -0.2) is 9.18 Å². The van der Waals surface area contributed by atoms with Crippen LogP contribution in [0.15, 0.2) is 36.4 Å². The molecule has 1 heterocycles. The molecule has 9 heteroatoms. The molecule has 2 aromatic rings. The molecule has 0 amide bonds. The number of carbonyl (C=O) groups excluding carboxylic acids is 1. The van der Waals surface area contributed by atoms with E-state index in [0.29, 0.717) is 37.4 Å². The number of benzene rings is 2. The van der Waals surface area contributed by atoms with E-state index < -0.39 is 11.6 Å². The Labute approximate surface area is 198 Å². The molecule has 0 aliphatic carbocycles. The summed E-state index contributed by atoms with van der Waals surface area (Å²) in [7, 11) is 2.77. The van der Waals surface area contributed by atoms with E-state index in [4.69, 9.17) is 25.8 Å². The predicted molar refractivity (Wildman–Crippen MR) is 124 cm³/mol. The normalized spacial score (nSPS) is 15.8. The standard InChI is InChI=1S/C24H30ClFN2O5/c1-31-22-14-21(19(13-20(22)25)23(29)32-2)33-12-9-27-16-24(30)7-10-28(11-8-24)15-17-3-5-18(26)6-4-17/h3-6,13-14,27,30H,7-12,15-16H2,1-2H3. The number of carbonyl (C=O) groups is 1. The molecule has 0 atom stereocenters. The Morgan fingerprint density at radius 1 is 1.18 bits per heavy atom. The SMILES string of the molecule is COC(=O)c1cc(Cl)c(OC)cc1OCCNCC1(O)CCN(Cc2ccc(F)cc2)CC1. The lowest BCUT2D eigenvalue weighted by Crippen LogP contribution is -2.50. The smallest absolute Gasteiger partial charge is 0.341 e. The van der Waals surface area contributed by atoms with Crippen molar-refractivity contribution in [2.24, 2.45) is 0 Å². The summed E-state index contributed by atoms with van der Waals surface area (Å²) in [4.78, 5) is 14.3. The van der Waals surface area contributed by atoms with Gasteiger partial charge in [-0.1, -0.05) is 23.7 Å². The van der Waals surface area contributed by atoms with Crippen molar-refractivity contribution in [3.8, 4) is 11.5 Å². The zero-order valence-corrected chi connectivity index (χ0v) is 19.7. The number of likely N-dealkylation sites (tertiary alicyclic amines) is 1. The molecule has 1 aliphatic rings. The van der Waals surface area contributed by atoms with Crippen LogP contribution in [-0.4, -0.2) is 68.6 Å². The van der Waals surface area contributed by atoms with E-state index in [9.17, 15) is 14.3 Å². The Morgan fingerprint density at radius 2 is 1.88 bits per heavy atom. The second-order valence-corrected chi connectivity index (χ2v) is 8.53. The fourth-order valence-corrected chi connectivity index (χ4v) is 4.03. The van der Waals surface area contributed by atoms with Crippen molar-refractivity contribution in [3.63, 3.8) is 0 Å². The summed E-state index contributed by atoms with van der Waals surface area (Å²) in [5.74, 6) is -0.0746. The largest absolute Gasteiger partial charge is 0.495 e. The summed E-state index contributed by atoms with van der Waals surface area (Å²) in [6, 6.07) is 9.53. The third kappa shape index (κ3) is 7.04. The molecular weight excluding hydrogens is 451 g/mol. The number of nitrogens with zero attached hydrogens (tertiary/aromatic N) is 1. The Morgan fingerprint density at radius 3 is 2.52 bits per heavy atom. The molecule has 0 saturated carbocycles. The van der Waals surface area contributed by atoms with Crippen molar-refractivity contribution in [2.75, 3.05) is 47.0 Å². The molecule has 0 bridgehead atoms. The summed E-state index contributed by atoms with van der Waals surface area (Å²) in [5, 5.41) is 14.4. The fourth-order valence-electron chi connectivity index (χ4n) is 3.79. The molecule has 0 radical (unpaired) electrons. The fraction of sp³-hybridized carbons (Fsp3) is 0.458. The average molecular weight is 481 g/mol. The maximum absolute atomic E-state index is 13.1. The maximum Gasteiger partial charge on any atom is 0.341 e. The number of ether oxygens (including phenoxy) is 3. The number of rotatable bonds is 10. The van der Waals surface area contributed by atoms with Crippen molar-refractivity contribution in [1.29, 1.82) is 0 Å². The number of halogens is 2. The van der Waals surface area contributed by atoms with Crippen LogP contribution in [-0.2, 0) is 11.3 Å². The van der Waals surface area contributed by atoms with Gasteiger partial charge >= 0.3 is 5.97 Å². The average Bonchev–Trinajstić information content (AvgIpc) is 2.82. The van der Waals surface area contributed by atoms with Crippen LogP contribution in [0, 0.1) is 5.82 Å². The molecule has 180 valence electrons. The van der Waals surface area contributed by atoms with Crippen LogP contribution in [0.2, 0.25) is 5.02 Å². The van der Waals surface area contributed by atoms with E-state index in [1.807, 2.05) is 0 Å². The first-order valence-corrected chi connectivity index (χ1v) is 11.2. The van der Waals surface area contributed by atoms with E-state index in [2.05, 4.69) is 10.2 Å². The number of esters is 1. The molecule has 0 unspecified atom stereocenters. The molecule has 1 saturated heterocycles. The van der Waals surface area contributed by atoms with Crippen molar-refractivity contribution in [1.82, 2.24) is 10.2 Å². The Bertz CT molecular complexity index is 933. The van der Waals surface area contributed by atoms with Crippen LogP contribution < -0.4 is 14.8 Å². The van der Waals surface area contributed by atoms with Crippen LogP contribution in [0.1, 0.15) is 28.8 Å². The molecular formula is C24H30ClFN2O5. The van der Waals surface area contributed by atoms with Crippen LogP contribution in [0.3, 0.4) is 0 Å². The summed E-state index contributed by atoms with van der Waals surface area (Å²) in [6.45, 7) is 3.46. The van der Waals surface area contributed by atoms with Gasteiger partial charge in [0.05, 0.1) is 24.8 Å². The minimum atomic E-state index is -0.792. The van der Waals surface area contributed by atoms with E-state index in [-0.39, 0.29) is 23.0 Å². The van der Waals surface area contributed by atoms with E-state index >= 15 is 0 Å². The summed E-state index contributed by atoms with van der Waals surface area (Å²) in [6.07, 6.45) is 1.28. The van der Waals surface area contributed by atoms with Crippen molar-refractivity contribution in [3.05, 3.63) is 58.4 Å². The molecule has 1 aliphatic heterocycles. The number of hydrogen-bond acceptors (Lipinski definition) is 7. The van der Waals surface area contributed by atoms with Crippen molar-refractivity contribution in [2.45, 2.75) is 25.0 Å². The topological polar surface area (TPSA) is 80.3 Å². The molecule has 33 heavy (non-hydrogen) atoms. The molecule has 2 N–H and O–H groups in total. The number of piperidine rings is 1. The molecule has 1 fully saturated rings. The first-order valence-electron chi connectivity index (χ1n) is 10.8. The lowest BCUT2D eigenvalue weighted by molar-refractivity contribution is -0.0219. The highest BCUT2D eigenvalue weighted by Gasteiger charge is 2.31. The lowest BCUT2D eigenvalue weighted by atomic mass is 9.91. The predicted octanol–water partition coefficient (Wildman–Crippen LogP) is 3.27. The zero-order chi connectivity index (χ0) is 23.8. The molecule has 2 aromatic carbocycles. The first kappa shape index (κ1) is 25.2. The molecule has 0 spiro atoms.